The summed E-state index contributed by atoms with van der Waals surface area (Å²) in [6.07, 6.45) is 6.06. The average molecular weight is 274 g/mol. The third-order valence-electron chi connectivity index (χ3n) is 4.52. The van der Waals surface area contributed by atoms with Gasteiger partial charge in [0.15, 0.2) is 0 Å². The van der Waals surface area contributed by atoms with E-state index in [4.69, 9.17) is 4.74 Å². The molecule has 1 aliphatic heterocycles. The number of carbonyl (C=O) groups is 1. The normalized spacial score (nSPS) is 28.8. The van der Waals surface area contributed by atoms with E-state index in [0.29, 0.717) is 12.0 Å². The second-order valence-corrected chi connectivity index (χ2v) is 5.83. The van der Waals surface area contributed by atoms with Gasteiger partial charge in [0.1, 0.15) is 5.75 Å². The summed E-state index contributed by atoms with van der Waals surface area (Å²) in [6.45, 7) is 0. The Bertz CT molecular complexity index is 475. The molecule has 3 atom stereocenters. The van der Waals surface area contributed by atoms with Gasteiger partial charge in [0.25, 0.3) is 0 Å². The van der Waals surface area contributed by atoms with Gasteiger partial charge in [-0.3, -0.25) is 4.79 Å². The molecule has 1 aromatic carbocycles. The molecule has 3 rings (SSSR count). The highest BCUT2D eigenvalue weighted by molar-refractivity contribution is 5.95. The molecule has 108 valence electrons. The van der Waals surface area contributed by atoms with Crippen LogP contribution >= 0.6 is 0 Å². The number of anilines is 1. The molecule has 2 aliphatic rings. The van der Waals surface area contributed by atoms with Crippen molar-refractivity contribution in [1.82, 2.24) is 5.32 Å². The van der Waals surface area contributed by atoms with Crippen molar-refractivity contribution < 1.29 is 9.53 Å². The zero-order valence-electron chi connectivity index (χ0n) is 11.9. The van der Waals surface area contributed by atoms with E-state index in [2.05, 4.69) is 10.6 Å². The number of hydrogen-bond acceptors (Lipinski definition) is 3. The van der Waals surface area contributed by atoms with E-state index in [1.54, 1.807) is 7.11 Å². The molecule has 0 spiro atoms. The number of benzene rings is 1. The quantitative estimate of drug-likeness (QED) is 0.890. The first-order valence-electron chi connectivity index (χ1n) is 7.47. The van der Waals surface area contributed by atoms with E-state index in [1.807, 2.05) is 24.3 Å². The lowest BCUT2D eigenvalue weighted by Crippen LogP contribution is -2.39. The Morgan fingerprint density at radius 1 is 1.35 bits per heavy atom. The highest BCUT2D eigenvalue weighted by Crippen LogP contribution is 2.33. The first-order valence-corrected chi connectivity index (χ1v) is 7.47. The Labute approximate surface area is 119 Å². The van der Waals surface area contributed by atoms with Crippen molar-refractivity contribution in [2.45, 2.75) is 44.2 Å². The van der Waals surface area contributed by atoms with Gasteiger partial charge in [-0.05, 0) is 37.3 Å². The maximum absolute atomic E-state index is 12.3. The molecule has 1 saturated carbocycles. The van der Waals surface area contributed by atoms with Crippen LogP contribution in [-0.4, -0.2) is 25.1 Å². The molecular formula is C16H22N2O2. The number of fused-ring (bicyclic) bond motifs is 1. The first kappa shape index (κ1) is 13.4. The van der Waals surface area contributed by atoms with Gasteiger partial charge in [-0.15, -0.1) is 0 Å². The van der Waals surface area contributed by atoms with Gasteiger partial charge in [-0.1, -0.05) is 18.9 Å². The minimum Gasteiger partial charge on any atom is -0.497 e. The Kier molecular flexibility index (Phi) is 3.92. The number of hydrogen-bond donors (Lipinski definition) is 2. The summed E-state index contributed by atoms with van der Waals surface area (Å²) in [7, 11) is 1.63. The van der Waals surface area contributed by atoms with Crippen molar-refractivity contribution in [3.8, 4) is 5.75 Å². The highest BCUT2D eigenvalue weighted by atomic mass is 16.5. The van der Waals surface area contributed by atoms with E-state index in [-0.39, 0.29) is 11.9 Å². The topological polar surface area (TPSA) is 50.4 Å². The fourth-order valence-corrected chi connectivity index (χ4v) is 3.45. The van der Waals surface area contributed by atoms with Crippen LogP contribution in [0.3, 0.4) is 0 Å². The molecule has 1 saturated heterocycles. The SMILES string of the molecule is COc1cccc(NC(=O)C2CC3CCCCC3N2)c1. The van der Waals surface area contributed by atoms with Crippen molar-refractivity contribution in [3.63, 3.8) is 0 Å². The molecule has 1 amide bonds. The van der Waals surface area contributed by atoms with Crippen LogP contribution in [0.25, 0.3) is 0 Å². The molecule has 0 aromatic heterocycles. The molecule has 4 nitrogen and oxygen atoms in total. The van der Waals surface area contributed by atoms with Crippen LogP contribution in [0, 0.1) is 5.92 Å². The summed E-state index contributed by atoms with van der Waals surface area (Å²) >= 11 is 0. The first-order chi connectivity index (χ1) is 9.76. The fraction of sp³-hybridized carbons (Fsp3) is 0.562. The van der Waals surface area contributed by atoms with Crippen molar-refractivity contribution in [1.29, 1.82) is 0 Å². The summed E-state index contributed by atoms with van der Waals surface area (Å²) in [5.74, 6) is 1.52. The van der Waals surface area contributed by atoms with Crippen molar-refractivity contribution in [3.05, 3.63) is 24.3 Å². The van der Waals surface area contributed by atoms with Crippen LogP contribution in [0.5, 0.6) is 5.75 Å². The molecule has 20 heavy (non-hydrogen) atoms. The maximum atomic E-state index is 12.3. The number of carbonyl (C=O) groups excluding carboxylic acids is 1. The molecule has 2 N–H and O–H groups in total. The van der Waals surface area contributed by atoms with Gasteiger partial charge in [0.2, 0.25) is 5.91 Å². The number of methoxy groups -OCH3 is 1. The molecule has 1 aromatic rings. The fourth-order valence-electron chi connectivity index (χ4n) is 3.45. The Morgan fingerprint density at radius 3 is 3.00 bits per heavy atom. The summed E-state index contributed by atoms with van der Waals surface area (Å²) in [5, 5.41) is 6.49. The molecule has 3 unspecified atom stereocenters. The minimum absolute atomic E-state index is 0.0469. The van der Waals surface area contributed by atoms with E-state index >= 15 is 0 Å². The summed E-state index contributed by atoms with van der Waals surface area (Å²) in [6, 6.07) is 8.00. The number of ether oxygens (including phenoxy) is 1. The van der Waals surface area contributed by atoms with E-state index in [1.165, 1.54) is 25.7 Å². The minimum atomic E-state index is -0.0469. The van der Waals surface area contributed by atoms with Crippen molar-refractivity contribution in [2.75, 3.05) is 12.4 Å². The maximum Gasteiger partial charge on any atom is 0.241 e. The monoisotopic (exact) mass is 274 g/mol. The molecule has 0 radical (unpaired) electrons. The predicted octanol–water partition coefficient (Wildman–Crippen LogP) is 2.55. The van der Waals surface area contributed by atoms with Crippen LogP contribution in [0.15, 0.2) is 24.3 Å². The van der Waals surface area contributed by atoms with Crippen molar-refractivity contribution >= 4 is 11.6 Å². The second-order valence-electron chi connectivity index (χ2n) is 5.83. The molecular weight excluding hydrogens is 252 g/mol. The molecule has 2 fully saturated rings. The van der Waals surface area contributed by atoms with E-state index in [9.17, 15) is 4.79 Å². The Hall–Kier alpha value is -1.55. The average Bonchev–Trinajstić information content (AvgIpc) is 2.91. The van der Waals surface area contributed by atoms with Crippen LogP contribution in [0.2, 0.25) is 0 Å². The Morgan fingerprint density at radius 2 is 2.20 bits per heavy atom. The second kappa shape index (κ2) is 5.83. The van der Waals surface area contributed by atoms with Crippen molar-refractivity contribution in [2.24, 2.45) is 5.92 Å². The Balaban J connectivity index is 1.61. The molecule has 4 heteroatoms. The third kappa shape index (κ3) is 2.80. The summed E-state index contributed by atoms with van der Waals surface area (Å²) in [4.78, 5) is 12.3. The number of nitrogens with one attached hydrogen (secondary N) is 2. The summed E-state index contributed by atoms with van der Waals surface area (Å²) < 4.78 is 5.17. The smallest absolute Gasteiger partial charge is 0.241 e. The van der Waals surface area contributed by atoms with Crippen LogP contribution in [-0.2, 0) is 4.79 Å². The highest BCUT2D eigenvalue weighted by Gasteiger charge is 2.38. The van der Waals surface area contributed by atoms with Crippen LogP contribution in [0.4, 0.5) is 5.69 Å². The standard InChI is InChI=1S/C16H22N2O2/c1-20-13-7-4-6-12(10-13)17-16(19)15-9-11-5-2-3-8-14(11)18-15/h4,6-7,10-11,14-15,18H,2-3,5,8-9H2,1H3,(H,17,19). The third-order valence-corrected chi connectivity index (χ3v) is 4.52. The van der Waals surface area contributed by atoms with Gasteiger partial charge < -0.3 is 15.4 Å². The summed E-state index contributed by atoms with van der Waals surface area (Å²) in [5.41, 5.74) is 0.797. The molecule has 1 heterocycles. The van der Waals surface area contributed by atoms with Gasteiger partial charge in [-0.2, -0.15) is 0 Å². The molecule has 1 aliphatic carbocycles. The van der Waals surface area contributed by atoms with Crippen LogP contribution in [0.1, 0.15) is 32.1 Å². The van der Waals surface area contributed by atoms with Gasteiger partial charge >= 0.3 is 0 Å². The lowest BCUT2D eigenvalue weighted by Gasteiger charge is -2.24. The predicted molar refractivity (Wildman–Crippen MR) is 78.9 cm³/mol. The van der Waals surface area contributed by atoms with E-state index in [0.717, 1.165) is 17.9 Å². The van der Waals surface area contributed by atoms with Gasteiger partial charge in [-0.25, -0.2) is 0 Å². The van der Waals surface area contributed by atoms with Gasteiger partial charge in [0, 0.05) is 17.8 Å². The zero-order valence-corrected chi connectivity index (χ0v) is 11.9. The van der Waals surface area contributed by atoms with Crippen LogP contribution < -0.4 is 15.4 Å². The zero-order chi connectivity index (χ0) is 13.9. The lowest BCUT2D eigenvalue weighted by atomic mass is 9.85. The van der Waals surface area contributed by atoms with Gasteiger partial charge in [0.05, 0.1) is 13.2 Å². The molecule has 0 bridgehead atoms. The largest absolute Gasteiger partial charge is 0.497 e. The lowest BCUT2D eigenvalue weighted by molar-refractivity contribution is -0.117. The van der Waals surface area contributed by atoms with E-state index < -0.39 is 0 Å². The number of amides is 1. The number of rotatable bonds is 3.